The molecule has 0 aliphatic heterocycles. The Hall–Kier alpha value is -1.47. The Bertz CT molecular complexity index is 461. The molecule has 0 bridgehead atoms. The number of nitrogens with one attached hydrogen (secondary N) is 1. The van der Waals surface area contributed by atoms with Gasteiger partial charge < -0.3 is 14.8 Å². The molecule has 5 nitrogen and oxygen atoms in total. The standard InChI is InChI=1S/C16H26F3NO4/c1-14(2,3)24-13(22)20-15(4,5)12(21)23-11-8-6-10(7-9-11)16(17,18)19/h10-11H,6-9H2,1-5H3,(H,20,22). The molecule has 1 saturated carbocycles. The van der Waals surface area contributed by atoms with Crippen LogP contribution in [0.2, 0.25) is 0 Å². The van der Waals surface area contributed by atoms with Crippen LogP contribution in [0.4, 0.5) is 18.0 Å². The van der Waals surface area contributed by atoms with Gasteiger partial charge in [0.25, 0.3) is 0 Å². The summed E-state index contributed by atoms with van der Waals surface area (Å²) in [6, 6.07) is 0. The summed E-state index contributed by atoms with van der Waals surface area (Å²) < 4.78 is 48.2. The zero-order chi connectivity index (χ0) is 18.8. The molecular weight excluding hydrogens is 327 g/mol. The van der Waals surface area contributed by atoms with E-state index in [0.717, 1.165) is 0 Å². The second-order valence-electron chi connectivity index (χ2n) is 7.67. The molecular formula is C16H26F3NO4. The van der Waals surface area contributed by atoms with Crippen molar-refractivity contribution in [1.29, 1.82) is 0 Å². The van der Waals surface area contributed by atoms with Crippen molar-refractivity contribution in [3.63, 3.8) is 0 Å². The number of rotatable bonds is 3. The Morgan fingerprint density at radius 2 is 1.46 bits per heavy atom. The van der Waals surface area contributed by atoms with Gasteiger partial charge in [-0.2, -0.15) is 13.2 Å². The zero-order valence-corrected chi connectivity index (χ0v) is 14.8. The molecule has 1 fully saturated rings. The highest BCUT2D eigenvalue weighted by molar-refractivity contribution is 5.85. The van der Waals surface area contributed by atoms with Crippen LogP contribution in [0.5, 0.6) is 0 Å². The molecule has 1 aliphatic rings. The number of esters is 1. The van der Waals surface area contributed by atoms with E-state index < -0.39 is 41.4 Å². The van der Waals surface area contributed by atoms with Crippen LogP contribution < -0.4 is 5.32 Å². The van der Waals surface area contributed by atoms with Crippen LogP contribution in [0, 0.1) is 5.92 Å². The minimum absolute atomic E-state index is 0.0542. The molecule has 0 atom stereocenters. The van der Waals surface area contributed by atoms with Crippen molar-refractivity contribution < 1.29 is 32.2 Å². The van der Waals surface area contributed by atoms with Crippen molar-refractivity contribution in [1.82, 2.24) is 5.32 Å². The van der Waals surface area contributed by atoms with E-state index in [1.54, 1.807) is 20.8 Å². The lowest BCUT2D eigenvalue weighted by Gasteiger charge is -2.32. The number of carbonyl (C=O) groups excluding carboxylic acids is 2. The molecule has 0 spiro atoms. The maximum absolute atomic E-state index is 12.6. The fourth-order valence-electron chi connectivity index (χ4n) is 2.42. The van der Waals surface area contributed by atoms with Gasteiger partial charge in [-0.1, -0.05) is 0 Å². The van der Waals surface area contributed by atoms with Crippen molar-refractivity contribution >= 4 is 12.1 Å². The van der Waals surface area contributed by atoms with Crippen LogP contribution in [-0.2, 0) is 14.3 Å². The molecule has 1 N–H and O–H groups in total. The van der Waals surface area contributed by atoms with Gasteiger partial charge >= 0.3 is 18.2 Å². The van der Waals surface area contributed by atoms with Crippen LogP contribution in [0.25, 0.3) is 0 Å². The van der Waals surface area contributed by atoms with Gasteiger partial charge in [0, 0.05) is 0 Å². The zero-order valence-electron chi connectivity index (χ0n) is 14.8. The van der Waals surface area contributed by atoms with Crippen molar-refractivity contribution in [2.75, 3.05) is 0 Å². The Morgan fingerprint density at radius 3 is 1.88 bits per heavy atom. The monoisotopic (exact) mass is 353 g/mol. The van der Waals surface area contributed by atoms with Crippen molar-refractivity contribution in [3.05, 3.63) is 0 Å². The van der Waals surface area contributed by atoms with Crippen LogP contribution >= 0.6 is 0 Å². The third-order valence-electron chi connectivity index (χ3n) is 3.73. The van der Waals surface area contributed by atoms with E-state index >= 15 is 0 Å². The summed E-state index contributed by atoms with van der Waals surface area (Å²) in [6.07, 6.45) is -5.30. The van der Waals surface area contributed by atoms with Crippen LogP contribution in [0.3, 0.4) is 0 Å². The van der Waals surface area contributed by atoms with E-state index in [-0.39, 0.29) is 25.7 Å². The smallest absolute Gasteiger partial charge is 0.408 e. The Labute approximate surface area is 140 Å². The number of amides is 1. The molecule has 0 unspecified atom stereocenters. The highest BCUT2D eigenvalue weighted by Gasteiger charge is 2.43. The predicted molar refractivity (Wildman–Crippen MR) is 81.3 cm³/mol. The SMILES string of the molecule is CC(C)(C)OC(=O)NC(C)(C)C(=O)OC1CCC(C(F)(F)F)CC1. The van der Waals surface area contributed by atoms with E-state index in [2.05, 4.69) is 5.32 Å². The van der Waals surface area contributed by atoms with E-state index in [1.807, 2.05) is 0 Å². The second-order valence-corrected chi connectivity index (χ2v) is 7.67. The third-order valence-corrected chi connectivity index (χ3v) is 3.73. The first-order valence-electron chi connectivity index (χ1n) is 7.99. The number of alkyl halides is 3. The minimum Gasteiger partial charge on any atom is -0.461 e. The van der Waals surface area contributed by atoms with E-state index in [4.69, 9.17) is 9.47 Å². The molecule has 24 heavy (non-hydrogen) atoms. The third kappa shape index (κ3) is 6.57. The van der Waals surface area contributed by atoms with E-state index in [9.17, 15) is 22.8 Å². The number of hydrogen-bond acceptors (Lipinski definition) is 4. The van der Waals surface area contributed by atoms with Gasteiger partial charge in [0.1, 0.15) is 17.2 Å². The summed E-state index contributed by atoms with van der Waals surface area (Å²) in [6.45, 7) is 7.99. The van der Waals surface area contributed by atoms with Crippen LogP contribution in [-0.4, -0.2) is 35.5 Å². The summed E-state index contributed by atoms with van der Waals surface area (Å²) in [5.41, 5.74) is -2.04. The van der Waals surface area contributed by atoms with Gasteiger partial charge in [0.05, 0.1) is 5.92 Å². The van der Waals surface area contributed by atoms with Crippen LogP contribution in [0.1, 0.15) is 60.3 Å². The maximum Gasteiger partial charge on any atom is 0.408 e. The highest BCUT2D eigenvalue weighted by Crippen LogP contribution is 2.38. The first-order valence-corrected chi connectivity index (χ1v) is 7.99. The molecule has 1 aliphatic carbocycles. The first kappa shape index (κ1) is 20.6. The number of halogens is 3. The molecule has 0 aromatic carbocycles. The van der Waals surface area contributed by atoms with Gasteiger partial charge in [0.15, 0.2) is 0 Å². The average molecular weight is 353 g/mol. The Balaban J connectivity index is 2.51. The van der Waals surface area contributed by atoms with Crippen molar-refractivity contribution in [2.45, 2.75) is 83.7 Å². The average Bonchev–Trinajstić information content (AvgIpc) is 2.34. The topological polar surface area (TPSA) is 64.6 Å². The summed E-state index contributed by atoms with van der Waals surface area (Å²) in [7, 11) is 0. The van der Waals surface area contributed by atoms with Gasteiger partial charge in [-0.05, 0) is 60.3 Å². The molecule has 0 heterocycles. The lowest BCUT2D eigenvalue weighted by atomic mass is 9.87. The minimum atomic E-state index is -4.20. The highest BCUT2D eigenvalue weighted by atomic mass is 19.4. The summed E-state index contributed by atoms with van der Waals surface area (Å²) in [4.78, 5) is 24.0. The number of ether oxygens (including phenoxy) is 2. The van der Waals surface area contributed by atoms with Crippen LogP contribution in [0.15, 0.2) is 0 Å². The van der Waals surface area contributed by atoms with Crippen molar-refractivity contribution in [2.24, 2.45) is 5.92 Å². The van der Waals surface area contributed by atoms with Gasteiger partial charge in [-0.3, -0.25) is 0 Å². The normalized spacial score (nSPS) is 22.7. The first-order chi connectivity index (χ1) is 10.7. The van der Waals surface area contributed by atoms with Gasteiger partial charge in [-0.15, -0.1) is 0 Å². The Morgan fingerprint density at radius 1 is 0.958 bits per heavy atom. The molecule has 1 rings (SSSR count). The van der Waals surface area contributed by atoms with E-state index in [1.165, 1.54) is 13.8 Å². The molecule has 1 amide bonds. The summed E-state index contributed by atoms with van der Waals surface area (Å²) >= 11 is 0. The molecule has 0 aromatic heterocycles. The largest absolute Gasteiger partial charge is 0.461 e. The number of hydrogen-bond donors (Lipinski definition) is 1. The number of carbonyl (C=O) groups is 2. The lowest BCUT2D eigenvalue weighted by molar-refractivity contribution is -0.189. The summed E-state index contributed by atoms with van der Waals surface area (Å²) in [5, 5.41) is 2.42. The second kappa shape index (κ2) is 7.19. The predicted octanol–water partition coefficient (Wildman–Crippen LogP) is 3.95. The molecule has 0 radical (unpaired) electrons. The lowest BCUT2D eigenvalue weighted by Crippen LogP contribution is -2.52. The molecule has 8 heteroatoms. The molecule has 0 saturated heterocycles. The fraction of sp³-hybridized carbons (Fsp3) is 0.875. The Kier molecular flexibility index (Phi) is 6.16. The number of alkyl carbamates (subject to hydrolysis) is 1. The maximum atomic E-state index is 12.6. The fourth-order valence-corrected chi connectivity index (χ4v) is 2.42. The molecule has 140 valence electrons. The summed E-state index contributed by atoms with van der Waals surface area (Å²) in [5.74, 6) is -2.02. The quantitative estimate of drug-likeness (QED) is 0.780. The van der Waals surface area contributed by atoms with Crippen molar-refractivity contribution in [3.8, 4) is 0 Å². The van der Waals surface area contributed by atoms with E-state index in [0.29, 0.717) is 0 Å². The van der Waals surface area contributed by atoms with Gasteiger partial charge in [0.2, 0.25) is 0 Å². The van der Waals surface area contributed by atoms with Gasteiger partial charge in [-0.25, -0.2) is 9.59 Å². The molecule has 0 aromatic rings.